The van der Waals surface area contributed by atoms with Gasteiger partial charge in [-0.3, -0.25) is 4.79 Å². The molecule has 0 atom stereocenters. The van der Waals surface area contributed by atoms with E-state index in [1.807, 2.05) is 28.9 Å². The van der Waals surface area contributed by atoms with Crippen LogP contribution in [0.4, 0.5) is 0 Å². The summed E-state index contributed by atoms with van der Waals surface area (Å²) in [6.07, 6.45) is 4.12. The SMILES string of the molecule is CCc1c(C(=O)NCC2(c3ccc(OC)cc3)CCOCC2)cnn1-c1ccc(C)cc1. The Morgan fingerprint density at radius 3 is 2.44 bits per heavy atom. The van der Waals surface area contributed by atoms with Crippen molar-refractivity contribution in [3.63, 3.8) is 0 Å². The van der Waals surface area contributed by atoms with E-state index >= 15 is 0 Å². The predicted octanol–water partition coefficient (Wildman–Crippen LogP) is 4.23. The molecule has 0 saturated carbocycles. The molecule has 3 aromatic rings. The molecule has 6 nitrogen and oxygen atoms in total. The van der Waals surface area contributed by atoms with Gasteiger partial charge in [0.1, 0.15) is 5.75 Å². The van der Waals surface area contributed by atoms with Gasteiger partial charge in [0.15, 0.2) is 0 Å². The van der Waals surface area contributed by atoms with E-state index in [2.05, 4.69) is 48.5 Å². The Balaban J connectivity index is 1.55. The average molecular weight is 434 g/mol. The molecule has 1 N–H and O–H groups in total. The normalized spacial score (nSPS) is 15.3. The predicted molar refractivity (Wildman–Crippen MR) is 125 cm³/mol. The summed E-state index contributed by atoms with van der Waals surface area (Å²) in [5.74, 6) is 0.746. The number of ether oxygens (including phenoxy) is 2. The van der Waals surface area contributed by atoms with E-state index < -0.39 is 0 Å². The van der Waals surface area contributed by atoms with Gasteiger partial charge in [-0.15, -0.1) is 0 Å². The first-order valence-corrected chi connectivity index (χ1v) is 11.2. The monoisotopic (exact) mass is 433 g/mol. The number of carbonyl (C=O) groups is 1. The molecule has 168 valence electrons. The number of hydrogen-bond acceptors (Lipinski definition) is 4. The summed E-state index contributed by atoms with van der Waals surface area (Å²) >= 11 is 0. The summed E-state index contributed by atoms with van der Waals surface area (Å²) < 4.78 is 12.8. The van der Waals surface area contributed by atoms with Crippen LogP contribution in [0.25, 0.3) is 5.69 Å². The van der Waals surface area contributed by atoms with Crippen molar-refractivity contribution in [1.82, 2.24) is 15.1 Å². The largest absolute Gasteiger partial charge is 0.497 e. The van der Waals surface area contributed by atoms with Crippen LogP contribution in [0.15, 0.2) is 54.7 Å². The molecule has 0 aliphatic carbocycles. The lowest BCUT2D eigenvalue weighted by Crippen LogP contribution is -2.44. The summed E-state index contributed by atoms with van der Waals surface area (Å²) in [6.45, 7) is 6.04. The molecular weight excluding hydrogens is 402 g/mol. The van der Waals surface area contributed by atoms with E-state index in [1.54, 1.807) is 13.3 Å². The second kappa shape index (κ2) is 9.57. The smallest absolute Gasteiger partial charge is 0.254 e. The van der Waals surface area contributed by atoms with Crippen molar-refractivity contribution in [2.45, 2.75) is 38.5 Å². The fourth-order valence-corrected chi connectivity index (χ4v) is 4.43. The highest BCUT2D eigenvalue weighted by Crippen LogP contribution is 2.35. The second-order valence-corrected chi connectivity index (χ2v) is 8.41. The van der Waals surface area contributed by atoms with E-state index in [1.165, 1.54) is 11.1 Å². The minimum atomic E-state index is -0.153. The topological polar surface area (TPSA) is 65.4 Å². The Hall–Kier alpha value is -3.12. The van der Waals surface area contributed by atoms with E-state index in [-0.39, 0.29) is 11.3 Å². The minimum Gasteiger partial charge on any atom is -0.497 e. The van der Waals surface area contributed by atoms with Gasteiger partial charge in [0.2, 0.25) is 0 Å². The Labute approximate surface area is 189 Å². The first kappa shape index (κ1) is 22.1. The summed E-state index contributed by atoms with van der Waals surface area (Å²) in [5, 5.41) is 7.73. The van der Waals surface area contributed by atoms with Crippen molar-refractivity contribution >= 4 is 5.91 Å². The summed E-state index contributed by atoms with van der Waals surface area (Å²) in [6, 6.07) is 16.3. The van der Waals surface area contributed by atoms with Crippen molar-refractivity contribution < 1.29 is 14.3 Å². The molecule has 0 spiro atoms. The standard InChI is InChI=1S/C26H31N3O3/c1-4-24-23(17-28-29(24)21-9-5-19(2)6-10-21)25(30)27-18-26(13-15-32-16-14-26)20-7-11-22(31-3)12-8-20/h5-12,17H,4,13-16,18H2,1-3H3,(H,27,30). The molecule has 32 heavy (non-hydrogen) atoms. The van der Waals surface area contributed by atoms with Crippen LogP contribution in [-0.4, -0.2) is 42.6 Å². The minimum absolute atomic E-state index is 0.0837. The van der Waals surface area contributed by atoms with Gasteiger partial charge in [-0.25, -0.2) is 4.68 Å². The second-order valence-electron chi connectivity index (χ2n) is 8.41. The fourth-order valence-electron chi connectivity index (χ4n) is 4.43. The van der Waals surface area contributed by atoms with Crippen LogP contribution >= 0.6 is 0 Å². The summed E-state index contributed by atoms with van der Waals surface area (Å²) in [7, 11) is 1.67. The lowest BCUT2D eigenvalue weighted by atomic mass is 9.74. The van der Waals surface area contributed by atoms with Gasteiger partial charge < -0.3 is 14.8 Å². The van der Waals surface area contributed by atoms with Crippen LogP contribution in [0.1, 0.15) is 46.9 Å². The first-order chi connectivity index (χ1) is 15.6. The highest BCUT2D eigenvalue weighted by atomic mass is 16.5. The zero-order valence-corrected chi connectivity index (χ0v) is 19.1. The number of nitrogens with zero attached hydrogens (tertiary/aromatic N) is 2. The molecule has 2 heterocycles. The molecule has 6 heteroatoms. The van der Waals surface area contributed by atoms with Crippen LogP contribution in [0.5, 0.6) is 5.75 Å². The molecule has 2 aromatic carbocycles. The summed E-state index contributed by atoms with van der Waals surface area (Å²) in [4.78, 5) is 13.2. The Kier molecular flexibility index (Phi) is 6.61. The summed E-state index contributed by atoms with van der Waals surface area (Å²) in [5.41, 5.74) is 4.75. The van der Waals surface area contributed by atoms with Crippen LogP contribution in [-0.2, 0) is 16.6 Å². The third-order valence-corrected chi connectivity index (χ3v) is 6.47. The Morgan fingerprint density at radius 2 is 1.81 bits per heavy atom. The molecule has 0 bridgehead atoms. The van der Waals surface area contributed by atoms with Gasteiger partial charge in [-0.1, -0.05) is 36.8 Å². The number of aryl methyl sites for hydroxylation is 1. The van der Waals surface area contributed by atoms with Gasteiger partial charge in [0.05, 0.1) is 30.3 Å². The maximum atomic E-state index is 13.2. The molecule has 4 rings (SSSR count). The maximum Gasteiger partial charge on any atom is 0.254 e. The highest BCUT2D eigenvalue weighted by molar-refractivity contribution is 5.95. The maximum absolute atomic E-state index is 13.2. The average Bonchev–Trinajstić information content (AvgIpc) is 3.28. The van der Waals surface area contributed by atoms with Crippen molar-refractivity contribution in [3.05, 3.63) is 77.1 Å². The molecular formula is C26H31N3O3. The molecule has 1 aromatic heterocycles. The van der Waals surface area contributed by atoms with Gasteiger partial charge in [0.25, 0.3) is 5.91 Å². The van der Waals surface area contributed by atoms with Gasteiger partial charge in [0, 0.05) is 25.2 Å². The quantitative estimate of drug-likeness (QED) is 0.606. The van der Waals surface area contributed by atoms with Crippen molar-refractivity contribution in [1.29, 1.82) is 0 Å². The lowest BCUT2D eigenvalue weighted by molar-refractivity contribution is 0.0487. The first-order valence-electron chi connectivity index (χ1n) is 11.2. The number of hydrogen-bond donors (Lipinski definition) is 1. The molecule has 0 unspecified atom stereocenters. The lowest BCUT2D eigenvalue weighted by Gasteiger charge is -2.38. The van der Waals surface area contributed by atoms with Crippen LogP contribution in [0.3, 0.4) is 0 Å². The van der Waals surface area contributed by atoms with E-state index in [0.717, 1.165) is 30.0 Å². The number of rotatable bonds is 7. The molecule has 0 radical (unpaired) electrons. The number of carbonyl (C=O) groups excluding carboxylic acids is 1. The van der Waals surface area contributed by atoms with Crippen molar-refractivity contribution in [3.8, 4) is 11.4 Å². The van der Waals surface area contributed by atoms with E-state index in [9.17, 15) is 4.79 Å². The number of nitrogens with one attached hydrogen (secondary N) is 1. The number of aromatic nitrogens is 2. The Bertz CT molecular complexity index is 1050. The third kappa shape index (κ3) is 4.41. The van der Waals surface area contributed by atoms with Crippen molar-refractivity contribution in [2.24, 2.45) is 0 Å². The van der Waals surface area contributed by atoms with Crippen LogP contribution in [0.2, 0.25) is 0 Å². The van der Waals surface area contributed by atoms with E-state index in [0.29, 0.717) is 31.7 Å². The molecule has 1 saturated heterocycles. The third-order valence-electron chi connectivity index (χ3n) is 6.47. The van der Waals surface area contributed by atoms with Crippen LogP contribution in [0, 0.1) is 6.92 Å². The number of benzene rings is 2. The van der Waals surface area contributed by atoms with Gasteiger partial charge in [-0.05, 0) is 56.0 Å². The van der Waals surface area contributed by atoms with E-state index in [4.69, 9.17) is 9.47 Å². The molecule has 1 aliphatic rings. The highest BCUT2D eigenvalue weighted by Gasteiger charge is 2.35. The Morgan fingerprint density at radius 1 is 1.12 bits per heavy atom. The van der Waals surface area contributed by atoms with Crippen LogP contribution < -0.4 is 10.1 Å². The molecule has 1 amide bonds. The zero-order valence-electron chi connectivity index (χ0n) is 19.1. The molecule has 1 aliphatic heterocycles. The molecule has 1 fully saturated rings. The van der Waals surface area contributed by atoms with Crippen molar-refractivity contribution in [2.75, 3.05) is 26.9 Å². The number of amides is 1. The number of methoxy groups -OCH3 is 1. The zero-order chi connectivity index (χ0) is 22.6. The van der Waals surface area contributed by atoms with Gasteiger partial charge in [-0.2, -0.15) is 5.10 Å². The fraction of sp³-hybridized carbons (Fsp3) is 0.385. The van der Waals surface area contributed by atoms with Gasteiger partial charge >= 0.3 is 0 Å².